The second-order valence-electron chi connectivity index (χ2n) is 5.77. The zero-order valence-electron chi connectivity index (χ0n) is 14.4. The number of carbonyl (C=O) groups excluding carboxylic acids is 2. The van der Waals surface area contributed by atoms with Crippen molar-refractivity contribution < 1.29 is 23.8 Å². The van der Waals surface area contributed by atoms with E-state index in [0.29, 0.717) is 40.3 Å². The van der Waals surface area contributed by atoms with Crippen LogP contribution in [0.3, 0.4) is 0 Å². The van der Waals surface area contributed by atoms with E-state index < -0.39 is 0 Å². The number of esters is 1. The molecule has 0 radical (unpaired) electrons. The molecule has 0 spiro atoms. The molecular formula is C18H19NO5S2. The lowest BCUT2D eigenvalue weighted by atomic mass is 10.2. The summed E-state index contributed by atoms with van der Waals surface area (Å²) in [6.45, 7) is 2.99. The highest BCUT2D eigenvalue weighted by Crippen LogP contribution is 2.36. The van der Waals surface area contributed by atoms with Crippen LogP contribution >= 0.6 is 24.0 Å². The minimum atomic E-state index is -0.242. The Morgan fingerprint density at radius 3 is 3.00 bits per heavy atom. The number of carbonyl (C=O) groups is 2. The average molecular weight is 393 g/mol. The number of fused-ring (bicyclic) bond motifs is 1. The predicted octanol–water partition coefficient (Wildman–Crippen LogP) is 3.35. The van der Waals surface area contributed by atoms with E-state index in [4.69, 9.17) is 26.4 Å². The summed E-state index contributed by atoms with van der Waals surface area (Å²) in [5.41, 5.74) is 0.845. The molecule has 8 heteroatoms. The second kappa shape index (κ2) is 8.55. The molecule has 1 aromatic carbocycles. The molecule has 138 valence electrons. The number of thiocarbonyl (C=S) groups is 1. The molecule has 1 aromatic rings. The fourth-order valence-corrected chi connectivity index (χ4v) is 3.83. The summed E-state index contributed by atoms with van der Waals surface area (Å²) in [5, 5.41) is 0. The minimum absolute atomic E-state index is 0.139. The Kier molecular flexibility index (Phi) is 6.16. The molecule has 26 heavy (non-hydrogen) atoms. The van der Waals surface area contributed by atoms with Crippen molar-refractivity contribution in [2.24, 2.45) is 0 Å². The molecule has 2 heterocycles. The molecule has 0 saturated carbocycles. The van der Waals surface area contributed by atoms with Gasteiger partial charge in [0, 0.05) is 13.0 Å². The van der Waals surface area contributed by atoms with Gasteiger partial charge in [-0.2, -0.15) is 0 Å². The molecule has 0 unspecified atom stereocenters. The third-order valence-electron chi connectivity index (χ3n) is 3.80. The van der Waals surface area contributed by atoms with Crippen LogP contribution in [0.4, 0.5) is 0 Å². The second-order valence-corrected chi connectivity index (χ2v) is 7.45. The smallest absolute Gasteiger partial charge is 0.305 e. The van der Waals surface area contributed by atoms with Crippen LogP contribution in [0.5, 0.6) is 11.5 Å². The first-order chi connectivity index (χ1) is 12.6. The van der Waals surface area contributed by atoms with Crippen molar-refractivity contribution in [1.82, 2.24) is 4.90 Å². The van der Waals surface area contributed by atoms with E-state index >= 15 is 0 Å². The van der Waals surface area contributed by atoms with E-state index in [1.807, 2.05) is 25.1 Å². The topological polar surface area (TPSA) is 65.1 Å². The van der Waals surface area contributed by atoms with Crippen LogP contribution in [-0.2, 0) is 14.3 Å². The maximum Gasteiger partial charge on any atom is 0.305 e. The quantitative estimate of drug-likeness (QED) is 0.400. The first-order valence-corrected chi connectivity index (χ1v) is 9.61. The number of ether oxygens (including phenoxy) is 3. The molecule has 0 aliphatic carbocycles. The SMILES string of the molecule is CCCOC(=O)CCCN1C(=O)/C(=C\c2ccc3c(c2)OCO3)SC1=S. The van der Waals surface area contributed by atoms with Gasteiger partial charge in [-0.3, -0.25) is 14.5 Å². The van der Waals surface area contributed by atoms with E-state index in [1.165, 1.54) is 16.7 Å². The molecule has 3 rings (SSSR count). The standard InChI is InChI=1S/C18H19NO5S2/c1-2-8-22-16(20)4-3-7-19-17(21)15(26-18(19)25)10-12-5-6-13-14(9-12)24-11-23-13/h5-6,9-10H,2-4,7-8,11H2,1H3/b15-10+. The highest BCUT2D eigenvalue weighted by molar-refractivity contribution is 8.26. The Morgan fingerprint density at radius 2 is 2.19 bits per heavy atom. The monoisotopic (exact) mass is 393 g/mol. The molecule has 6 nitrogen and oxygen atoms in total. The third kappa shape index (κ3) is 4.37. The number of thioether (sulfide) groups is 1. The van der Waals surface area contributed by atoms with Gasteiger partial charge < -0.3 is 14.2 Å². The average Bonchev–Trinajstić information content (AvgIpc) is 3.19. The van der Waals surface area contributed by atoms with Gasteiger partial charge in [0.05, 0.1) is 11.5 Å². The van der Waals surface area contributed by atoms with E-state index in [1.54, 1.807) is 6.08 Å². The maximum absolute atomic E-state index is 12.6. The number of rotatable bonds is 7. The third-order valence-corrected chi connectivity index (χ3v) is 5.18. The fraction of sp³-hybridized carbons (Fsp3) is 0.389. The van der Waals surface area contributed by atoms with E-state index in [2.05, 4.69) is 0 Å². The number of hydrogen-bond donors (Lipinski definition) is 0. The Balaban J connectivity index is 1.59. The van der Waals surface area contributed by atoms with E-state index in [9.17, 15) is 9.59 Å². The lowest BCUT2D eigenvalue weighted by Crippen LogP contribution is -2.29. The molecule has 0 aromatic heterocycles. The summed E-state index contributed by atoms with van der Waals surface area (Å²) in [6.07, 6.45) is 3.38. The van der Waals surface area contributed by atoms with Crippen LogP contribution in [0.1, 0.15) is 31.7 Å². The van der Waals surface area contributed by atoms with Gasteiger partial charge in [0.1, 0.15) is 4.32 Å². The van der Waals surface area contributed by atoms with Gasteiger partial charge in [0.15, 0.2) is 11.5 Å². The van der Waals surface area contributed by atoms with Gasteiger partial charge in [-0.15, -0.1) is 0 Å². The van der Waals surface area contributed by atoms with Gasteiger partial charge >= 0.3 is 5.97 Å². The van der Waals surface area contributed by atoms with Gasteiger partial charge in [-0.1, -0.05) is 37.0 Å². The van der Waals surface area contributed by atoms with Gasteiger partial charge in [0.2, 0.25) is 6.79 Å². The predicted molar refractivity (Wildman–Crippen MR) is 103 cm³/mol. The Morgan fingerprint density at radius 1 is 1.38 bits per heavy atom. The van der Waals surface area contributed by atoms with Crippen molar-refractivity contribution in [3.05, 3.63) is 28.7 Å². The zero-order valence-corrected chi connectivity index (χ0v) is 16.0. The van der Waals surface area contributed by atoms with Crippen LogP contribution in [0.25, 0.3) is 6.08 Å². The Hall–Kier alpha value is -2.06. The van der Waals surface area contributed by atoms with E-state index in [0.717, 1.165) is 12.0 Å². The summed E-state index contributed by atoms with van der Waals surface area (Å²) in [5.74, 6) is 0.984. The summed E-state index contributed by atoms with van der Waals surface area (Å²) < 4.78 is 16.2. The molecule has 2 aliphatic rings. The molecule has 0 bridgehead atoms. The maximum atomic E-state index is 12.6. The van der Waals surface area contributed by atoms with Crippen molar-refractivity contribution in [3.63, 3.8) is 0 Å². The zero-order chi connectivity index (χ0) is 18.5. The van der Waals surface area contributed by atoms with Crippen LogP contribution in [-0.4, -0.2) is 41.0 Å². The highest BCUT2D eigenvalue weighted by Gasteiger charge is 2.31. The van der Waals surface area contributed by atoms with Crippen LogP contribution in [0, 0.1) is 0 Å². The van der Waals surface area contributed by atoms with Gasteiger partial charge in [0.25, 0.3) is 5.91 Å². The lowest BCUT2D eigenvalue weighted by molar-refractivity contribution is -0.144. The molecule has 2 aliphatic heterocycles. The van der Waals surface area contributed by atoms with Crippen molar-refractivity contribution >= 4 is 46.3 Å². The summed E-state index contributed by atoms with van der Waals surface area (Å²) >= 11 is 6.57. The summed E-state index contributed by atoms with van der Waals surface area (Å²) in [7, 11) is 0. The number of hydrogen-bond acceptors (Lipinski definition) is 7. The van der Waals surface area contributed by atoms with E-state index in [-0.39, 0.29) is 25.1 Å². The number of nitrogens with zero attached hydrogens (tertiary/aromatic N) is 1. The molecule has 0 N–H and O–H groups in total. The molecular weight excluding hydrogens is 374 g/mol. The van der Waals surface area contributed by atoms with Crippen molar-refractivity contribution in [1.29, 1.82) is 0 Å². The van der Waals surface area contributed by atoms with Crippen LogP contribution < -0.4 is 9.47 Å². The summed E-state index contributed by atoms with van der Waals surface area (Å²) in [4.78, 5) is 26.2. The molecule has 1 saturated heterocycles. The van der Waals surface area contributed by atoms with Crippen molar-refractivity contribution in [3.8, 4) is 11.5 Å². The first kappa shape index (κ1) is 18.7. The molecule has 1 fully saturated rings. The summed E-state index contributed by atoms with van der Waals surface area (Å²) in [6, 6.07) is 5.51. The molecule has 1 amide bonds. The van der Waals surface area contributed by atoms with Crippen LogP contribution in [0.15, 0.2) is 23.1 Å². The largest absolute Gasteiger partial charge is 0.466 e. The van der Waals surface area contributed by atoms with Crippen LogP contribution in [0.2, 0.25) is 0 Å². The number of amides is 1. The minimum Gasteiger partial charge on any atom is -0.466 e. The lowest BCUT2D eigenvalue weighted by Gasteiger charge is -2.13. The van der Waals surface area contributed by atoms with Crippen molar-refractivity contribution in [2.45, 2.75) is 26.2 Å². The normalized spacial score (nSPS) is 17.3. The fourth-order valence-electron chi connectivity index (χ4n) is 2.52. The van der Waals surface area contributed by atoms with Crippen molar-refractivity contribution in [2.75, 3.05) is 19.9 Å². The van der Waals surface area contributed by atoms with Gasteiger partial charge in [-0.25, -0.2) is 0 Å². The highest BCUT2D eigenvalue weighted by atomic mass is 32.2. The molecule has 0 atom stereocenters. The number of benzene rings is 1. The Bertz CT molecular complexity index is 762. The van der Waals surface area contributed by atoms with Gasteiger partial charge in [-0.05, 0) is 36.6 Å². The first-order valence-electron chi connectivity index (χ1n) is 8.39. The Labute approximate surface area is 161 Å².